The molecule has 36 heavy (non-hydrogen) atoms. The second-order valence-electron chi connectivity index (χ2n) is 9.19. The van der Waals surface area contributed by atoms with E-state index in [1.807, 2.05) is 75.4 Å². The average Bonchev–Trinajstić information content (AvgIpc) is 2.79. The van der Waals surface area contributed by atoms with Gasteiger partial charge in [0.25, 0.3) is 5.91 Å². The first-order valence-electron chi connectivity index (χ1n) is 11.8. The van der Waals surface area contributed by atoms with Gasteiger partial charge in [-0.15, -0.1) is 6.58 Å². The zero-order chi connectivity index (χ0) is 26.7. The number of ether oxygens (including phenoxy) is 1. The van der Waals surface area contributed by atoms with Gasteiger partial charge in [0.1, 0.15) is 11.5 Å². The Morgan fingerprint density at radius 3 is 2.47 bits per heavy atom. The molecule has 0 radical (unpaired) electrons. The maximum absolute atomic E-state index is 12.9. The number of allylic oxidation sites excluding steroid dienone is 3. The predicted octanol–water partition coefficient (Wildman–Crippen LogP) is 6.25. The Kier molecular flexibility index (Phi) is 10.8. The van der Waals surface area contributed by atoms with E-state index in [0.29, 0.717) is 41.7 Å². The number of carbonyl (C=O) groups excluding carboxylic acids is 1. The summed E-state index contributed by atoms with van der Waals surface area (Å²) in [5, 5.41) is 15.6. The molecular weight excluding hydrogens is 476 g/mol. The summed E-state index contributed by atoms with van der Waals surface area (Å²) in [5.41, 5.74) is 2.87. The lowest BCUT2D eigenvalue weighted by Gasteiger charge is -2.19. The maximum atomic E-state index is 12.9. The summed E-state index contributed by atoms with van der Waals surface area (Å²) >= 11 is 6.05. The summed E-state index contributed by atoms with van der Waals surface area (Å²) in [6, 6.07) is 13.1. The van der Waals surface area contributed by atoms with E-state index in [1.54, 1.807) is 13.0 Å². The summed E-state index contributed by atoms with van der Waals surface area (Å²) < 4.78 is 6.01. The molecule has 0 aliphatic heterocycles. The molecule has 3 N–H and O–H groups in total. The molecule has 0 aliphatic carbocycles. The van der Waals surface area contributed by atoms with Crippen molar-refractivity contribution in [3.05, 3.63) is 94.7 Å². The first-order chi connectivity index (χ1) is 17.0. The van der Waals surface area contributed by atoms with Crippen molar-refractivity contribution in [3.8, 4) is 11.5 Å². The Labute approximate surface area is 218 Å². The Hall–Kier alpha value is -3.51. The van der Waals surface area contributed by atoms with Gasteiger partial charge >= 0.3 is 5.97 Å². The minimum absolute atomic E-state index is 0.0926. The first-order valence-corrected chi connectivity index (χ1v) is 12.2. The number of hydrogen-bond acceptors (Lipinski definition) is 4. The zero-order valence-corrected chi connectivity index (χ0v) is 22.1. The highest BCUT2D eigenvalue weighted by Gasteiger charge is 2.17. The van der Waals surface area contributed by atoms with Gasteiger partial charge < -0.3 is 20.5 Å². The Balaban J connectivity index is 2.08. The van der Waals surface area contributed by atoms with Crippen LogP contribution in [0, 0.1) is 12.3 Å². The van der Waals surface area contributed by atoms with Crippen molar-refractivity contribution in [2.24, 2.45) is 5.41 Å². The molecule has 0 spiro atoms. The number of halogens is 1. The van der Waals surface area contributed by atoms with Gasteiger partial charge in [-0.1, -0.05) is 55.8 Å². The standard InChI is InChI=1S/C29H35ClN2O4/c1-6-14-31-26(18-29(4,5)17-21(3)30)28(35)32-19-22-8-7-9-24(16-22)36-25-12-10-23(20(2)15-25)11-13-27(33)34/h6-10,12,15-18,31H,1,11,13-14,19H2,2-5H3,(H,32,35)(H,33,34)/b21-17+,26-18-. The Morgan fingerprint density at radius 2 is 1.83 bits per heavy atom. The zero-order valence-electron chi connectivity index (χ0n) is 21.4. The van der Waals surface area contributed by atoms with E-state index in [4.69, 9.17) is 21.4 Å². The lowest BCUT2D eigenvalue weighted by Crippen LogP contribution is -2.32. The third-order valence-electron chi connectivity index (χ3n) is 5.28. The van der Waals surface area contributed by atoms with E-state index in [1.165, 1.54) is 0 Å². The second kappa shape index (κ2) is 13.5. The lowest BCUT2D eigenvalue weighted by atomic mass is 9.91. The van der Waals surface area contributed by atoms with E-state index in [0.717, 1.165) is 16.7 Å². The lowest BCUT2D eigenvalue weighted by molar-refractivity contribution is -0.137. The van der Waals surface area contributed by atoms with Gasteiger partial charge in [-0.2, -0.15) is 0 Å². The molecule has 2 aromatic carbocycles. The fourth-order valence-corrected chi connectivity index (χ4v) is 3.97. The molecular formula is C29H35ClN2O4. The smallest absolute Gasteiger partial charge is 0.303 e. The molecule has 0 aromatic heterocycles. The van der Waals surface area contributed by atoms with E-state index >= 15 is 0 Å². The van der Waals surface area contributed by atoms with Crippen LogP contribution in [0.5, 0.6) is 11.5 Å². The SMILES string of the molecule is C=CCN/C(=C\C(C)(C)/C=C(\C)Cl)C(=O)NCc1cccc(Oc2ccc(CCC(=O)O)c(C)c2)c1. The molecule has 192 valence electrons. The Bertz CT molecular complexity index is 1150. The molecule has 0 saturated heterocycles. The summed E-state index contributed by atoms with van der Waals surface area (Å²) in [4.78, 5) is 23.8. The normalized spacial score (nSPS) is 12.1. The van der Waals surface area contributed by atoms with Gasteiger partial charge in [0.05, 0.1) is 5.70 Å². The molecule has 0 atom stereocenters. The van der Waals surface area contributed by atoms with Gasteiger partial charge in [-0.05, 0) is 67.3 Å². The Morgan fingerprint density at radius 1 is 1.11 bits per heavy atom. The van der Waals surface area contributed by atoms with Crippen molar-refractivity contribution in [1.29, 1.82) is 0 Å². The number of aryl methyl sites for hydroxylation is 2. The molecule has 2 rings (SSSR count). The van der Waals surface area contributed by atoms with Crippen molar-refractivity contribution in [1.82, 2.24) is 10.6 Å². The number of aliphatic carboxylic acids is 1. The number of amides is 1. The number of nitrogens with one attached hydrogen (secondary N) is 2. The highest BCUT2D eigenvalue weighted by molar-refractivity contribution is 6.29. The predicted molar refractivity (Wildman–Crippen MR) is 145 cm³/mol. The van der Waals surface area contributed by atoms with Gasteiger partial charge in [0.15, 0.2) is 0 Å². The highest BCUT2D eigenvalue weighted by atomic mass is 35.5. The number of benzene rings is 2. The van der Waals surface area contributed by atoms with Crippen molar-refractivity contribution < 1.29 is 19.4 Å². The minimum atomic E-state index is -0.816. The molecule has 0 heterocycles. The molecule has 7 heteroatoms. The van der Waals surface area contributed by atoms with Crippen LogP contribution in [0.3, 0.4) is 0 Å². The van der Waals surface area contributed by atoms with Crippen LogP contribution in [0.1, 0.15) is 43.9 Å². The van der Waals surface area contributed by atoms with Crippen LogP contribution in [-0.4, -0.2) is 23.5 Å². The van der Waals surface area contributed by atoms with Crippen molar-refractivity contribution >= 4 is 23.5 Å². The molecule has 0 bridgehead atoms. The number of hydrogen-bond donors (Lipinski definition) is 3. The largest absolute Gasteiger partial charge is 0.481 e. The summed E-state index contributed by atoms with van der Waals surface area (Å²) in [6.07, 6.45) is 6.00. The number of carboxylic acid groups (broad SMARTS) is 1. The van der Waals surface area contributed by atoms with Crippen molar-refractivity contribution in [2.45, 2.75) is 47.1 Å². The van der Waals surface area contributed by atoms with Gasteiger partial charge in [-0.3, -0.25) is 9.59 Å². The number of carbonyl (C=O) groups is 2. The van der Waals surface area contributed by atoms with E-state index < -0.39 is 11.4 Å². The summed E-state index contributed by atoms with van der Waals surface area (Å²) in [5.74, 6) is 0.258. The third kappa shape index (κ3) is 10.0. The van der Waals surface area contributed by atoms with E-state index in [9.17, 15) is 9.59 Å². The quantitative estimate of drug-likeness (QED) is 0.219. The monoisotopic (exact) mass is 510 g/mol. The molecule has 0 unspecified atom stereocenters. The highest BCUT2D eigenvalue weighted by Crippen LogP contribution is 2.26. The first kappa shape index (κ1) is 28.7. The molecule has 1 amide bonds. The molecule has 0 saturated carbocycles. The van der Waals surface area contributed by atoms with Crippen LogP contribution in [0.2, 0.25) is 0 Å². The van der Waals surface area contributed by atoms with Gasteiger partial charge in [0, 0.05) is 30.0 Å². The molecule has 6 nitrogen and oxygen atoms in total. The second-order valence-corrected chi connectivity index (χ2v) is 9.79. The van der Waals surface area contributed by atoms with Crippen LogP contribution in [0.15, 0.2) is 78.0 Å². The van der Waals surface area contributed by atoms with Crippen LogP contribution >= 0.6 is 11.6 Å². The fourth-order valence-electron chi connectivity index (χ4n) is 3.69. The average molecular weight is 511 g/mol. The molecule has 0 fully saturated rings. The van der Waals surface area contributed by atoms with Crippen LogP contribution in [-0.2, 0) is 22.6 Å². The molecule has 0 aliphatic rings. The topological polar surface area (TPSA) is 87.7 Å². The van der Waals surface area contributed by atoms with Crippen LogP contribution in [0.4, 0.5) is 0 Å². The van der Waals surface area contributed by atoms with Crippen molar-refractivity contribution in [3.63, 3.8) is 0 Å². The van der Waals surface area contributed by atoms with E-state index in [-0.39, 0.29) is 12.3 Å². The van der Waals surface area contributed by atoms with Gasteiger partial charge in [0.2, 0.25) is 0 Å². The minimum Gasteiger partial charge on any atom is -0.481 e. The van der Waals surface area contributed by atoms with Gasteiger partial charge in [-0.25, -0.2) is 0 Å². The summed E-state index contributed by atoms with van der Waals surface area (Å²) in [7, 11) is 0. The number of rotatable bonds is 13. The fraction of sp³-hybridized carbons (Fsp3) is 0.310. The van der Waals surface area contributed by atoms with Crippen LogP contribution in [0.25, 0.3) is 0 Å². The van der Waals surface area contributed by atoms with E-state index in [2.05, 4.69) is 17.2 Å². The summed E-state index contributed by atoms with van der Waals surface area (Å²) in [6.45, 7) is 12.2. The molecule has 2 aromatic rings. The van der Waals surface area contributed by atoms with Crippen LogP contribution < -0.4 is 15.4 Å². The number of carboxylic acids is 1. The third-order valence-corrected chi connectivity index (χ3v) is 5.39. The van der Waals surface area contributed by atoms with Crippen molar-refractivity contribution in [2.75, 3.05) is 6.54 Å². The maximum Gasteiger partial charge on any atom is 0.303 e.